The Morgan fingerprint density at radius 1 is 0.959 bits per heavy atom. The Morgan fingerprint density at radius 3 is 2.32 bits per heavy atom. The summed E-state index contributed by atoms with van der Waals surface area (Å²) in [5, 5.41) is 51.1. The van der Waals surface area contributed by atoms with Crippen LogP contribution in [0, 0.1) is 42.4 Å². The molecule has 2 saturated heterocycles. The van der Waals surface area contributed by atoms with Crippen molar-refractivity contribution in [1.29, 1.82) is 0 Å². The van der Waals surface area contributed by atoms with Crippen LogP contribution in [0.5, 0.6) is 17.2 Å². The highest BCUT2D eigenvalue weighted by atomic mass is 16.7. The Bertz CT molecular complexity index is 2660. The van der Waals surface area contributed by atoms with Crippen molar-refractivity contribution in [3.63, 3.8) is 0 Å². The molecule has 1 unspecified atom stereocenters. The summed E-state index contributed by atoms with van der Waals surface area (Å²) in [6.07, 6.45) is 5.94. The molecule has 0 aliphatic carbocycles. The van der Waals surface area contributed by atoms with Gasteiger partial charge in [-0.25, -0.2) is 0 Å². The molecule has 10 atom stereocenters. The van der Waals surface area contributed by atoms with Gasteiger partial charge in [0.05, 0.1) is 47.5 Å². The van der Waals surface area contributed by atoms with Crippen molar-refractivity contribution in [2.75, 3.05) is 58.8 Å². The molecule has 400 valence electrons. The average Bonchev–Trinajstić information content (AvgIpc) is 3.85. The Balaban J connectivity index is 1.30. The standard InChI is InChI=1S/C55H77N5O13/c1-12-36-37(69-11)18-24-71-54(9)52(67)42-40-41(48(65)34(8)51(42)73-54)49(66)45(44-43(40)57-55(58-44)19-22-60(23-20-55)26-29(2)3)56-53(68)31(5)16-13-15-30(4)46(63)32(6)47(64)33(7)50(36)72-39(62)25-38(61)70-28-35-17-14-21-59(10)27-35/h13,15-16,18,24,29-30,32-33,35-37,46-47,50,63-66H,12,14,17,19-23,25-28H2,1-11H3,(H,56,68)/b15-13+,24-18+,31-16-/t30-,32+,33+,35?,36+,37-,46-,47+,50-,54-/m0/s1. The average molecular weight is 1020 g/mol. The summed E-state index contributed by atoms with van der Waals surface area (Å²) in [5.41, 5.74) is -0.699. The largest absolute Gasteiger partial charge is 0.507 e. The molecule has 6 aliphatic heterocycles. The van der Waals surface area contributed by atoms with Crippen molar-refractivity contribution in [1.82, 2.24) is 9.80 Å². The normalized spacial score (nSPS) is 31.7. The molecule has 8 rings (SSSR count). The van der Waals surface area contributed by atoms with Crippen LogP contribution in [0.3, 0.4) is 0 Å². The number of carbonyl (C=O) groups excluding carboxylic acids is 4. The number of piperidine rings is 2. The second kappa shape index (κ2) is 22.6. The maximum atomic E-state index is 15.0. The van der Waals surface area contributed by atoms with E-state index in [1.807, 2.05) is 14.0 Å². The van der Waals surface area contributed by atoms with Crippen molar-refractivity contribution < 1.29 is 63.3 Å². The number of anilines is 1. The van der Waals surface area contributed by atoms with Crippen LogP contribution in [0.1, 0.15) is 110 Å². The van der Waals surface area contributed by atoms with Gasteiger partial charge in [0.1, 0.15) is 35.1 Å². The predicted molar refractivity (Wildman–Crippen MR) is 272 cm³/mol. The molecule has 18 nitrogen and oxygen atoms in total. The van der Waals surface area contributed by atoms with E-state index in [0.29, 0.717) is 38.3 Å². The number of amides is 1. The van der Waals surface area contributed by atoms with E-state index < -0.39 is 101 Å². The summed E-state index contributed by atoms with van der Waals surface area (Å²) in [5.74, 6) is -7.99. The van der Waals surface area contributed by atoms with Crippen molar-refractivity contribution in [3.8, 4) is 17.2 Å². The van der Waals surface area contributed by atoms with Crippen molar-refractivity contribution in [3.05, 3.63) is 58.0 Å². The summed E-state index contributed by atoms with van der Waals surface area (Å²) in [6.45, 7) is 20.1. The van der Waals surface area contributed by atoms with Crippen LogP contribution in [-0.2, 0) is 33.3 Å². The third kappa shape index (κ3) is 11.5. The minimum absolute atomic E-state index is 0.00841. The third-order valence-corrected chi connectivity index (χ3v) is 15.6. The SMILES string of the molecule is CC[C@H]1[C@@H](OC(=O)CC(=O)OCC2CCCN(C)C2)[C@H](C)[C@H](O)[C@H](C)[C@@H](O)[C@@H](C)/C=C/C=C(/C)C(=O)Nc2c(O)c3c(O)c(C)c4c(c3c3c2=NC2(CCN(CC(C)C)CC2)N=3)C(=O)[C@@](C)(O/C=C/[C@@H]1OC)O4. The molecule has 6 heterocycles. The molecular formula is C55H77N5O13. The number of carbonyl (C=O) groups is 4. The summed E-state index contributed by atoms with van der Waals surface area (Å²) < 4.78 is 30.3. The first kappa shape index (κ1) is 55.4. The minimum Gasteiger partial charge on any atom is -0.507 e. The fourth-order valence-electron chi connectivity index (χ4n) is 11.3. The smallest absolute Gasteiger partial charge is 0.317 e. The third-order valence-electron chi connectivity index (χ3n) is 15.6. The predicted octanol–water partition coefficient (Wildman–Crippen LogP) is 5.39. The van der Waals surface area contributed by atoms with Crippen LogP contribution in [0.2, 0.25) is 0 Å². The van der Waals surface area contributed by atoms with Gasteiger partial charge in [0.2, 0.25) is 0 Å². The van der Waals surface area contributed by atoms with Crippen LogP contribution in [0.4, 0.5) is 5.69 Å². The van der Waals surface area contributed by atoms with Crippen LogP contribution in [0.25, 0.3) is 10.8 Å². The molecule has 5 N–H and O–H groups in total. The number of Topliss-reactive ketones (excluding diaryl/α,β-unsaturated/α-hetero) is 1. The lowest BCUT2D eigenvalue weighted by Gasteiger charge is -2.39. The maximum absolute atomic E-state index is 15.0. The number of rotatable bonds is 9. The monoisotopic (exact) mass is 1020 g/mol. The summed E-state index contributed by atoms with van der Waals surface area (Å²) in [6, 6.07) is 0. The van der Waals surface area contributed by atoms with Gasteiger partial charge in [-0.05, 0) is 58.7 Å². The number of aliphatic hydroxyl groups excluding tert-OH is 2. The van der Waals surface area contributed by atoms with E-state index in [2.05, 4.69) is 29.0 Å². The number of hydrogen-bond acceptors (Lipinski definition) is 17. The first-order valence-electron chi connectivity index (χ1n) is 26.0. The van der Waals surface area contributed by atoms with Gasteiger partial charge >= 0.3 is 17.7 Å². The molecule has 5 bridgehead atoms. The number of ether oxygens (including phenoxy) is 5. The maximum Gasteiger partial charge on any atom is 0.317 e. The van der Waals surface area contributed by atoms with Crippen LogP contribution in [-0.4, -0.2) is 143 Å². The Labute approximate surface area is 428 Å². The number of benzene rings is 2. The first-order chi connectivity index (χ1) is 34.5. The highest BCUT2D eigenvalue weighted by Gasteiger charge is 2.50. The summed E-state index contributed by atoms with van der Waals surface area (Å²) >= 11 is 0. The molecule has 2 aromatic carbocycles. The number of nitrogens with zero attached hydrogens (tertiary/aromatic N) is 4. The van der Waals surface area contributed by atoms with E-state index in [1.54, 1.807) is 52.8 Å². The lowest BCUT2D eigenvalue weighted by atomic mass is 9.77. The fourth-order valence-corrected chi connectivity index (χ4v) is 11.3. The van der Waals surface area contributed by atoms with Crippen LogP contribution < -0.4 is 20.8 Å². The number of ketones is 1. The van der Waals surface area contributed by atoms with Gasteiger partial charge in [-0.3, -0.25) is 29.2 Å². The Morgan fingerprint density at radius 2 is 1.66 bits per heavy atom. The van der Waals surface area contributed by atoms with E-state index >= 15 is 0 Å². The highest BCUT2D eigenvalue weighted by molar-refractivity contribution is 6.19. The summed E-state index contributed by atoms with van der Waals surface area (Å²) in [4.78, 5) is 70.7. The molecule has 73 heavy (non-hydrogen) atoms. The molecule has 2 aromatic rings. The lowest BCUT2D eigenvalue weighted by Crippen LogP contribution is -2.47. The van der Waals surface area contributed by atoms with Gasteiger partial charge in [-0.2, -0.15) is 0 Å². The molecular weight excluding hydrogens is 939 g/mol. The highest BCUT2D eigenvalue weighted by Crippen LogP contribution is 2.50. The van der Waals surface area contributed by atoms with Crippen molar-refractivity contribution >= 4 is 40.1 Å². The lowest BCUT2D eigenvalue weighted by molar-refractivity contribution is -0.169. The molecule has 18 heteroatoms. The number of nitrogens with one attached hydrogen (secondary N) is 1. The number of aliphatic hydroxyl groups is 2. The van der Waals surface area contributed by atoms with Crippen molar-refractivity contribution in [2.45, 2.75) is 137 Å². The zero-order valence-corrected chi connectivity index (χ0v) is 44.4. The molecule has 2 fully saturated rings. The number of hydrogen-bond donors (Lipinski definition) is 5. The number of aromatic hydroxyl groups is 2. The van der Waals surface area contributed by atoms with E-state index in [1.165, 1.54) is 26.4 Å². The molecule has 0 aromatic heterocycles. The Hall–Kier alpha value is -5.40. The number of methoxy groups -OCH3 is 1. The van der Waals surface area contributed by atoms with Gasteiger partial charge in [0.25, 0.3) is 11.7 Å². The quantitative estimate of drug-likeness (QED) is 0.120. The van der Waals surface area contributed by atoms with E-state index in [4.69, 9.17) is 33.7 Å². The van der Waals surface area contributed by atoms with Gasteiger partial charge in [0, 0.05) is 99.2 Å². The van der Waals surface area contributed by atoms with E-state index in [0.717, 1.165) is 32.5 Å². The number of likely N-dealkylation sites (tertiary alicyclic amines) is 2. The summed E-state index contributed by atoms with van der Waals surface area (Å²) in [7, 11) is 3.47. The molecule has 6 aliphatic rings. The van der Waals surface area contributed by atoms with E-state index in [9.17, 15) is 39.6 Å². The van der Waals surface area contributed by atoms with Crippen LogP contribution >= 0.6 is 0 Å². The van der Waals surface area contributed by atoms with Crippen LogP contribution in [0.15, 0.2) is 46.1 Å². The minimum atomic E-state index is -2.02. The number of fused-ring (bicyclic) bond motifs is 13. The second-order valence-corrected chi connectivity index (χ2v) is 21.7. The number of phenols is 2. The van der Waals surface area contributed by atoms with Gasteiger partial charge in [-0.1, -0.05) is 59.8 Å². The molecule has 1 amide bonds. The van der Waals surface area contributed by atoms with Gasteiger partial charge < -0.3 is 59.2 Å². The van der Waals surface area contributed by atoms with Crippen molar-refractivity contribution in [2.24, 2.45) is 45.5 Å². The molecule has 0 radical (unpaired) electrons. The van der Waals surface area contributed by atoms with Gasteiger partial charge in [-0.15, -0.1) is 0 Å². The number of allylic oxidation sites excluding steroid dienone is 2. The number of esters is 2. The molecule has 1 spiro atoms. The Kier molecular flexibility index (Phi) is 17.1. The number of phenolic OH excluding ortho intramolecular Hbond substituents is 2. The first-order valence-corrected chi connectivity index (χ1v) is 26.0. The second-order valence-electron chi connectivity index (χ2n) is 21.7. The fraction of sp³-hybridized carbons (Fsp3) is 0.636. The zero-order valence-electron chi connectivity index (χ0n) is 44.4. The zero-order chi connectivity index (χ0) is 53.3. The van der Waals surface area contributed by atoms with E-state index in [-0.39, 0.29) is 62.1 Å². The van der Waals surface area contributed by atoms with Gasteiger partial charge in [0.15, 0.2) is 11.4 Å². The molecule has 0 saturated carbocycles. The topological polar surface area (TPSA) is 239 Å².